The lowest BCUT2D eigenvalue weighted by Crippen LogP contribution is -2.49. The van der Waals surface area contributed by atoms with Gasteiger partial charge in [0.2, 0.25) is 5.91 Å². The number of aryl methyl sites for hydroxylation is 1. The van der Waals surface area contributed by atoms with Gasteiger partial charge in [-0.05, 0) is 42.2 Å². The molecule has 2 atom stereocenters. The maximum Gasteiger partial charge on any atom is 0.257 e. The summed E-state index contributed by atoms with van der Waals surface area (Å²) in [7, 11) is 1.84. The molecule has 2 amide bonds. The summed E-state index contributed by atoms with van der Waals surface area (Å²) in [5.74, 6) is 0.547. The second-order valence-corrected chi connectivity index (χ2v) is 8.00. The van der Waals surface area contributed by atoms with Gasteiger partial charge in [0.25, 0.3) is 5.91 Å². The zero-order valence-electron chi connectivity index (χ0n) is 14.5. The summed E-state index contributed by atoms with van der Waals surface area (Å²) in [6.07, 6.45) is 2.99. The maximum atomic E-state index is 13.3. The van der Waals surface area contributed by atoms with Crippen LogP contribution in [0.15, 0.2) is 6.33 Å². The predicted molar refractivity (Wildman–Crippen MR) is 91.7 cm³/mol. The monoisotopic (exact) mass is 360 g/mol. The van der Waals surface area contributed by atoms with Crippen LogP contribution in [-0.2, 0) is 4.79 Å². The van der Waals surface area contributed by atoms with Crippen molar-refractivity contribution in [1.29, 1.82) is 0 Å². The molecule has 2 aliphatic rings. The van der Waals surface area contributed by atoms with E-state index in [9.17, 15) is 9.59 Å². The molecule has 0 bridgehead atoms. The predicted octanol–water partition coefficient (Wildman–Crippen LogP) is 1.03. The Morgan fingerprint density at radius 2 is 2.16 bits per heavy atom. The molecule has 0 saturated carbocycles. The third-order valence-corrected chi connectivity index (χ3v) is 6.67. The Morgan fingerprint density at radius 3 is 2.88 bits per heavy atom. The van der Waals surface area contributed by atoms with Crippen LogP contribution in [0.5, 0.6) is 0 Å². The number of tetrazole rings is 1. The molecule has 2 aromatic heterocycles. The van der Waals surface area contributed by atoms with E-state index in [1.54, 1.807) is 9.58 Å². The lowest BCUT2D eigenvalue weighted by molar-refractivity contribution is -0.127. The SMILES string of the molecule is Cc1sc(-n2cnnn2)c(C(=O)N2CC[C@@H]3CC(=O)N(C)[C@@H]3C2)c1C. The molecule has 9 heteroatoms. The van der Waals surface area contributed by atoms with Gasteiger partial charge in [0.15, 0.2) is 0 Å². The van der Waals surface area contributed by atoms with Crippen LogP contribution < -0.4 is 0 Å². The number of likely N-dealkylation sites (tertiary alicyclic amines) is 2. The van der Waals surface area contributed by atoms with Crippen molar-refractivity contribution in [2.24, 2.45) is 5.92 Å². The quantitative estimate of drug-likeness (QED) is 0.799. The highest BCUT2D eigenvalue weighted by molar-refractivity contribution is 7.15. The molecule has 132 valence electrons. The highest BCUT2D eigenvalue weighted by Gasteiger charge is 2.42. The van der Waals surface area contributed by atoms with Crippen LogP contribution in [0.4, 0.5) is 0 Å². The molecule has 0 N–H and O–H groups in total. The number of hydrogen-bond donors (Lipinski definition) is 0. The average Bonchev–Trinajstić information content (AvgIpc) is 3.29. The number of fused-ring (bicyclic) bond motifs is 1. The number of aromatic nitrogens is 4. The zero-order valence-corrected chi connectivity index (χ0v) is 15.3. The Labute approximate surface area is 149 Å². The summed E-state index contributed by atoms with van der Waals surface area (Å²) in [6, 6.07) is 0.127. The molecule has 0 aliphatic carbocycles. The highest BCUT2D eigenvalue weighted by atomic mass is 32.1. The van der Waals surface area contributed by atoms with Gasteiger partial charge >= 0.3 is 0 Å². The number of thiophene rings is 1. The van der Waals surface area contributed by atoms with Crippen molar-refractivity contribution >= 4 is 23.2 Å². The fourth-order valence-corrected chi connectivity index (χ4v) is 4.89. The molecule has 0 aromatic carbocycles. The van der Waals surface area contributed by atoms with Crippen molar-refractivity contribution in [1.82, 2.24) is 30.0 Å². The van der Waals surface area contributed by atoms with E-state index in [1.807, 2.05) is 25.8 Å². The fraction of sp³-hybridized carbons (Fsp3) is 0.562. The van der Waals surface area contributed by atoms with Gasteiger partial charge in [-0.1, -0.05) is 0 Å². The minimum Gasteiger partial charge on any atom is -0.341 e. The first-order valence-electron chi connectivity index (χ1n) is 8.35. The van der Waals surface area contributed by atoms with Gasteiger partial charge in [-0.3, -0.25) is 9.59 Å². The summed E-state index contributed by atoms with van der Waals surface area (Å²) in [4.78, 5) is 30.0. The van der Waals surface area contributed by atoms with Crippen LogP contribution >= 0.6 is 11.3 Å². The lowest BCUT2D eigenvalue weighted by Gasteiger charge is -2.37. The van der Waals surface area contributed by atoms with E-state index in [0.29, 0.717) is 31.0 Å². The number of nitrogens with zero attached hydrogens (tertiary/aromatic N) is 6. The molecule has 25 heavy (non-hydrogen) atoms. The number of carbonyl (C=O) groups is 2. The number of amides is 2. The molecule has 0 radical (unpaired) electrons. The minimum atomic E-state index is -0.00134. The van der Waals surface area contributed by atoms with Crippen LogP contribution in [0.2, 0.25) is 0 Å². The Hall–Kier alpha value is -2.29. The van der Waals surface area contributed by atoms with Crippen molar-refractivity contribution in [2.45, 2.75) is 32.7 Å². The Bertz CT molecular complexity index is 830. The van der Waals surface area contributed by atoms with Crippen LogP contribution in [0, 0.1) is 19.8 Å². The van der Waals surface area contributed by atoms with Gasteiger partial charge in [0.1, 0.15) is 11.3 Å². The first-order valence-corrected chi connectivity index (χ1v) is 9.17. The van der Waals surface area contributed by atoms with Gasteiger partial charge in [-0.2, -0.15) is 4.68 Å². The lowest BCUT2D eigenvalue weighted by atomic mass is 9.91. The topological polar surface area (TPSA) is 84.2 Å². The number of carbonyl (C=O) groups excluding carboxylic acids is 2. The van der Waals surface area contributed by atoms with E-state index in [-0.39, 0.29) is 17.9 Å². The van der Waals surface area contributed by atoms with E-state index in [0.717, 1.165) is 21.9 Å². The molecule has 4 rings (SSSR count). The molecule has 4 heterocycles. The Morgan fingerprint density at radius 1 is 1.36 bits per heavy atom. The summed E-state index contributed by atoms with van der Waals surface area (Å²) >= 11 is 1.52. The zero-order chi connectivity index (χ0) is 17.7. The average molecular weight is 360 g/mol. The van der Waals surface area contributed by atoms with Crippen LogP contribution in [0.3, 0.4) is 0 Å². The molecule has 8 nitrogen and oxygen atoms in total. The van der Waals surface area contributed by atoms with Gasteiger partial charge < -0.3 is 9.80 Å². The molecule has 0 spiro atoms. The molecule has 2 aliphatic heterocycles. The smallest absolute Gasteiger partial charge is 0.257 e. The maximum absolute atomic E-state index is 13.3. The van der Waals surface area contributed by atoms with E-state index in [4.69, 9.17) is 0 Å². The second-order valence-electron chi connectivity index (χ2n) is 6.79. The molecular formula is C16H20N6O2S. The summed E-state index contributed by atoms with van der Waals surface area (Å²) in [6.45, 7) is 5.24. The highest BCUT2D eigenvalue weighted by Crippen LogP contribution is 2.35. The summed E-state index contributed by atoms with van der Waals surface area (Å²) in [5.41, 5.74) is 1.64. The van der Waals surface area contributed by atoms with E-state index < -0.39 is 0 Å². The van der Waals surface area contributed by atoms with Gasteiger partial charge in [0, 0.05) is 31.4 Å². The standard InChI is InChI=1S/C16H20N6O2S/c1-9-10(2)25-16(22-8-17-18-19-22)14(9)15(24)21-5-4-11-6-13(23)20(3)12(11)7-21/h8,11-12H,4-7H2,1-3H3/t11-,12-/m1/s1. The van der Waals surface area contributed by atoms with Crippen molar-refractivity contribution < 1.29 is 9.59 Å². The molecule has 2 aromatic rings. The van der Waals surface area contributed by atoms with Crippen LogP contribution in [0.25, 0.3) is 5.00 Å². The number of piperidine rings is 1. The van der Waals surface area contributed by atoms with Crippen molar-refractivity contribution in [3.05, 3.63) is 22.3 Å². The van der Waals surface area contributed by atoms with Crippen molar-refractivity contribution in [3.63, 3.8) is 0 Å². The molecule has 2 fully saturated rings. The first kappa shape index (κ1) is 16.2. The number of likely N-dealkylation sites (N-methyl/N-ethyl adjacent to an activating group) is 1. The Balaban J connectivity index is 1.65. The largest absolute Gasteiger partial charge is 0.341 e. The second kappa shape index (κ2) is 5.91. The number of rotatable bonds is 2. The van der Waals surface area contributed by atoms with E-state index >= 15 is 0 Å². The Kier molecular flexibility index (Phi) is 3.82. The first-order chi connectivity index (χ1) is 12.0. The summed E-state index contributed by atoms with van der Waals surface area (Å²) < 4.78 is 1.55. The van der Waals surface area contributed by atoms with Gasteiger partial charge in [-0.25, -0.2) is 0 Å². The summed E-state index contributed by atoms with van der Waals surface area (Å²) in [5, 5.41) is 12.1. The molecular weight excluding hydrogens is 340 g/mol. The fourth-order valence-electron chi connectivity index (χ4n) is 3.83. The molecule has 2 saturated heterocycles. The van der Waals surface area contributed by atoms with Crippen molar-refractivity contribution in [3.8, 4) is 5.00 Å². The van der Waals surface area contributed by atoms with Crippen LogP contribution in [0.1, 0.15) is 33.6 Å². The normalized spacial score (nSPS) is 23.2. The van der Waals surface area contributed by atoms with E-state index in [1.165, 1.54) is 17.7 Å². The molecule has 0 unspecified atom stereocenters. The minimum absolute atomic E-state index is 0.00134. The third kappa shape index (κ3) is 2.53. The van der Waals surface area contributed by atoms with Crippen LogP contribution in [-0.4, -0.2) is 68.0 Å². The number of hydrogen-bond acceptors (Lipinski definition) is 6. The van der Waals surface area contributed by atoms with Gasteiger partial charge in [0.05, 0.1) is 11.6 Å². The van der Waals surface area contributed by atoms with Gasteiger partial charge in [-0.15, -0.1) is 16.4 Å². The van der Waals surface area contributed by atoms with Crippen molar-refractivity contribution in [2.75, 3.05) is 20.1 Å². The third-order valence-electron chi connectivity index (χ3n) is 5.47. The van der Waals surface area contributed by atoms with E-state index in [2.05, 4.69) is 15.5 Å².